The highest BCUT2D eigenvalue weighted by Gasteiger charge is 2.11. The van der Waals surface area contributed by atoms with Gasteiger partial charge in [0.1, 0.15) is 17.2 Å². The highest BCUT2D eigenvalue weighted by atomic mass is 19.1. The zero-order valence-electron chi connectivity index (χ0n) is 13.9. The molecule has 25 heavy (non-hydrogen) atoms. The molecular formula is C18H20FN3O3. The van der Waals surface area contributed by atoms with E-state index in [0.29, 0.717) is 26.1 Å². The molecule has 132 valence electrons. The predicted octanol–water partition coefficient (Wildman–Crippen LogP) is 1.57. The van der Waals surface area contributed by atoms with E-state index in [0.717, 1.165) is 5.56 Å². The van der Waals surface area contributed by atoms with Crippen molar-refractivity contribution in [2.24, 2.45) is 0 Å². The third-order valence-electron chi connectivity index (χ3n) is 3.42. The molecule has 6 nitrogen and oxygen atoms in total. The molecule has 0 spiro atoms. The summed E-state index contributed by atoms with van der Waals surface area (Å²) in [7, 11) is 1.54. The minimum absolute atomic E-state index is 0.165. The molecule has 1 aromatic heterocycles. The first kappa shape index (κ1) is 18.5. The van der Waals surface area contributed by atoms with Gasteiger partial charge in [0.2, 0.25) is 0 Å². The van der Waals surface area contributed by atoms with Crippen LogP contribution in [0.25, 0.3) is 0 Å². The molecule has 0 fully saturated rings. The van der Waals surface area contributed by atoms with Gasteiger partial charge in [-0.15, -0.1) is 0 Å². The maximum absolute atomic E-state index is 12.8. The lowest BCUT2D eigenvalue weighted by Gasteiger charge is -2.07. The van der Waals surface area contributed by atoms with E-state index in [1.165, 1.54) is 18.2 Å². The number of amides is 2. The van der Waals surface area contributed by atoms with Gasteiger partial charge in [-0.2, -0.15) is 0 Å². The minimum Gasteiger partial charge on any atom is -0.383 e. The van der Waals surface area contributed by atoms with E-state index in [1.54, 1.807) is 31.4 Å². The van der Waals surface area contributed by atoms with Gasteiger partial charge >= 0.3 is 0 Å². The number of halogens is 1. The number of carbonyl (C=O) groups excluding carboxylic acids is 2. The Kier molecular flexibility index (Phi) is 7.03. The molecule has 0 aliphatic heterocycles. The fourth-order valence-electron chi connectivity index (χ4n) is 2.11. The van der Waals surface area contributed by atoms with Gasteiger partial charge in [-0.3, -0.25) is 9.59 Å². The number of methoxy groups -OCH3 is 1. The van der Waals surface area contributed by atoms with Gasteiger partial charge in [0.15, 0.2) is 0 Å². The molecule has 1 aromatic carbocycles. The molecule has 2 amide bonds. The average molecular weight is 345 g/mol. The van der Waals surface area contributed by atoms with Crippen LogP contribution in [0.5, 0.6) is 0 Å². The van der Waals surface area contributed by atoms with Crippen molar-refractivity contribution in [3.05, 3.63) is 65.2 Å². The largest absolute Gasteiger partial charge is 0.383 e. The Balaban J connectivity index is 1.87. The van der Waals surface area contributed by atoms with Crippen LogP contribution in [0.1, 0.15) is 26.5 Å². The van der Waals surface area contributed by atoms with Crippen LogP contribution in [0.15, 0.2) is 42.5 Å². The molecule has 7 heteroatoms. The Morgan fingerprint density at radius 3 is 2.20 bits per heavy atom. The minimum atomic E-state index is -0.367. The summed E-state index contributed by atoms with van der Waals surface area (Å²) in [5.74, 6) is -1.02. The highest BCUT2D eigenvalue weighted by molar-refractivity contribution is 5.96. The molecule has 0 saturated heterocycles. The van der Waals surface area contributed by atoms with Crippen molar-refractivity contribution in [2.45, 2.75) is 6.42 Å². The number of ether oxygens (including phenoxy) is 1. The second-order valence-corrected chi connectivity index (χ2v) is 5.29. The van der Waals surface area contributed by atoms with Crippen molar-refractivity contribution in [1.82, 2.24) is 15.6 Å². The molecule has 2 rings (SSSR count). The molecule has 0 unspecified atom stereocenters. The molecule has 0 bridgehead atoms. The SMILES string of the molecule is COCCNC(=O)c1cccc(C(=O)NCCc2ccc(F)cc2)n1. The standard InChI is InChI=1S/C18H20FN3O3/c1-25-12-11-21-18(24)16-4-2-3-15(22-16)17(23)20-10-9-13-5-7-14(19)8-6-13/h2-8H,9-12H2,1H3,(H,20,23)(H,21,24). The number of carbonyl (C=O) groups is 2. The van der Waals surface area contributed by atoms with Crippen molar-refractivity contribution < 1.29 is 18.7 Å². The predicted molar refractivity (Wildman–Crippen MR) is 90.9 cm³/mol. The van der Waals surface area contributed by atoms with Gasteiger partial charge in [-0.25, -0.2) is 9.37 Å². The molecule has 0 atom stereocenters. The van der Waals surface area contributed by atoms with Crippen molar-refractivity contribution in [3.63, 3.8) is 0 Å². The van der Waals surface area contributed by atoms with Crippen LogP contribution in [-0.4, -0.2) is 43.6 Å². The fourth-order valence-corrected chi connectivity index (χ4v) is 2.11. The first-order chi connectivity index (χ1) is 12.1. The van der Waals surface area contributed by atoms with E-state index < -0.39 is 0 Å². The summed E-state index contributed by atoms with van der Waals surface area (Å²) in [5.41, 5.74) is 1.25. The monoisotopic (exact) mass is 345 g/mol. The maximum Gasteiger partial charge on any atom is 0.269 e. The van der Waals surface area contributed by atoms with Crippen molar-refractivity contribution in [2.75, 3.05) is 26.8 Å². The van der Waals surface area contributed by atoms with Crippen molar-refractivity contribution in [3.8, 4) is 0 Å². The molecule has 0 radical (unpaired) electrons. The first-order valence-electron chi connectivity index (χ1n) is 7.87. The van der Waals surface area contributed by atoms with Crippen LogP contribution in [0, 0.1) is 5.82 Å². The lowest BCUT2D eigenvalue weighted by atomic mass is 10.1. The van der Waals surface area contributed by atoms with Gasteiger partial charge in [0.25, 0.3) is 11.8 Å². The lowest BCUT2D eigenvalue weighted by Crippen LogP contribution is -2.30. The van der Waals surface area contributed by atoms with Gasteiger partial charge in [-0.1, -0.05) is 18.2 Å². The molecule has 2 aromatic rings. The number of aromatic nitrogens is 1. The van der Waals surface area contributed by atoms with Crippen molar-refractivity contribution >= 4 is 11.8 Å². The van der Waals surface area contributed by atoms with Gasteiger partial charge < -0.3 is 15.4 Å². The summed E-state index contributed by atoms with van der Waals surface area (Å²) in [5, 5.41) is 5.38. The Morgan fingerprint density at radius 1 is 1.00 bits per heavy atom. The number of rotatable bonds is 8. The number of hydrogen-bond donors (Lipinski definition) is 2. The summed E-state index contributed by atoms with van der Waals surface area (Å²) in [6.07, 6.45) is 0.573. The lowest BCUT2D eigenvalue weighted by molar-refractivity contribution is 0.0931. The summed E-state index contributed by atoms with van der Waals surface area (Å²) in [6.45, 7) is 1.15. The van der Waals surface area contributed by atoms with Crippen LogP contribution < -0.4 is 10.6 Å². The Hall–Kier alpha value is -2.80. The zero-order valence-corrected chi connectivity index (χ0v) is 13.9. The van der Waals surface area contributed by atoms with E-state index in [2.05, 4.69) is 15.6 Å². The van der Waals surface area contributed by atoms with Crippen LogP contribution >= 0.6 is 0 Å². The summed E-state index contributed by atoms with van der Waals surface area (Å²) < 4.78 is 17.7. The van der Waals surface area contributed by atoms with Crippen LogP contribution in [-0.2, 0) is 11.2 Å². The Bertz CT molecular complexity index is 720. The van der Waals surface area contributed by atoms with E-state index >= 15 is 0 Å². The number of pyridine rings is 1. The van der Waals surface area contributed by atoms with Gasteiger partial charge in [0, 0.05) is 20.2 Å². The molecule has 0 aliphatic rings. The number of benzene rings is 1. The number of hydrogen-bond acceptors (Lipinski definition) is 4. The molecule has 0 aliphatic carbocycles. The molecule has 1 heterocycles. The van der Waals surface area contributed by atoms with E-state index in [4.69, 9.17) is 4.74 Å². The second kappa shape index (κ2) is 9.48. The Morgan fingerprint density at radius 2 is 1.60 bits per heavy atom. The average Bonchev–Trinajstić information content (AvgIpc) is 2.63. The topological polar surface area (TPSA) is 80.3 Å². The third kappa shape index (κ3) is 5.96. The third-order valence-corrected chi connectivity index (χ3v) is 3.42. The highest BCUT2D eigenvalue weighted by Crippen LogP contribution is 2.03. The van der Waals surface area contributed by atoms with Crippen LogP contribution in [0.4, 0.5) is 4.39 Å². The summed E-state index contributed by atoms with van der Waals surface area (Å²) in [4.78, 5) is 28.1. The number of nitrogens with zero attached hydrogens (tertiary/aromatic N) is 1. The van der Waals surface area contributed by atoms with Crippen molar-refractivity contribution in [1.29, 1.82) is 0 Å². The second-order valence-electron chi connectivity index (χ2n) is 5.29. The Labute approximate surface area is 145 Å². The first-order valence-corrected chi connectivity index (χ1v) is 7.87. The molecule has 0 saturated carbocycles. The summed E-state index contributed by atoms with van der Waals surface area (Å²) in [6, 6.07) is 10.8. The quantitative estimate of drug-likeness (QED) is 0.712. The van der Waals surface area contributed by atoms with Crippen LogP contribution in [0.2, 0.25) is 0 Å². The summed E-state index contributed by atoms with van der Waals surface area (Å²) >= 11 is 0. The molecule has 2 N–H and O–H groups in total. The van der Waals surface area contributed by atoms with Gasteiger partial charge in [-0.05, 0) is 36.2 Å². The van der Waals surface area contributed by atoms with Crippen LogP contribution in [0.3, 0.4) is 0 Å². The molecular weight excluding hydrogens is 325 g/mol. The zero-order chi connectivity index (χ0) is 18.1. The smallest absolute Gasteiger partial charge is 0.269 e. The number of nitrogens with one attached hydrogen (secondary N) is 2. The van der Waals surface area contributed by atoms with Gasteiger partial charge in [0.05, 0.1) is 6.61 Å². The fraction of sp³-hybridized carbons (Fsp3) is 0.278. The normalized spacial score (nSPS) is 10.3. The van der Waals surface area contributed by atoms with E-state index in [9.17, 15) is 14.0 Å². The maximum atomic E-state index is 12.8. The van der Waals surface area contributed by atoms with E-state index in [-0.39, 0.29) is 29.0 Å². The van der Waals surface area contributed by atoms with E-state index in [1.807, 2.05) is 0 Å².